The minimum absolute atomic E-state index is 0.0164. The van der Waals surface area contributed by atoms with Crippen molar-refractivity contribution in [2.24, 2.45) is 0 Å². The molecule has 2 rings (SSSR count). The van der Waals surface area contributed by atoms with E-state index >= 15 is 0 Å². The molecule has 1 aromatic carbocycles. The minimum atomic E-state index is -0.912. The molecular weight excluding hydrogens is 262 g/mol. The lowest BCUT2D eigenvalue weighted by atomic mass is 10.1. The molecule has 1 N–H and O–H groups in total. The van der Waals surface area contributed by atoms with E-state index in [1.807, 2.05) is 37.3 Å². The molecule has 0 aromatic heterocycles. The summed E-state index contributed by atoms with van der Waals surface area (Å²) in [6.07, 6.45) is 1.04. The summed E-state index contributed by atoms with van der Waals surface area (Å²) in [6.45, 7) is 1.98. The Morgan fingerprint density at radius 1 is 1.37 bits per heavy atom. The van der Waals surface area contributed by atoms with Crippen molar-refractivity contribution in [3.05, 3.63) is 35.9 Å². The van der Waals surface area contributed by atoms with Gasteiger partial charge in [-0.25, -0.2) is 4.79 Å². The van der Waals surface area contributed by atoms with Gasteiger partial charge in [0.15, 0.2) is 0 Å². The predicted molar refractivity (Wildman–Crippen MR) is 75.0 cm³/mol. The number of hydrogen-bond acceptors (Lipinski definition) is 3. The van der Waals surface area contributed by atoms with Gasteiger partial charge in [0.05, 0.1) is 11.8 Å². The van der Waals surface area contributed by atoms with Gasteiger partial charge in [0.1, 0.15) is 6.04 Å². The van der Waals surface area contributed by atoms with Crippen LogP contribution in [0.25, 0.3) is 0 Å². The summed E-state index contributed by atoms with van der Waals surface area (Å²) in [5.41, 5.74) is 0.920. The molecule has 19 heavy (non-hydrogen) atoms. The third-order valence-corrected chi connectivity index (χ3v) is 4.67. The molecule has 4 nitrogen and oxygen atoms in total. The number of rotatable bonds is 4. The molecule has 0 radical (unpaired) electrons. The predicted octanol–water partition coefficient (Wildman–Crippen LogP) is 1.99. The lowest BCUT2D eigenvalue weighted by Crippen LogP contribution is -2.46. The number of benzene rings is 1. The highest BCUT2D eigenvalue weighted by Gasteiger charge is 2.40. The average molecular weight is 279 g/mol. The van der Waals surface area contributed by atoms with E-state index in [2.05, 4.69) is 0 Å². The first-order valence-corrected chi connectivity index (χ1v) is 7.38. The number of carboxylic acids is 1. The molecule has 0 spiro atoms. The standard InChI is InChI=1S/C14H17NO3S/c1-2-13-15(11(9-19-13)14(17)18)12(16)8-10-6-4-3-5-7-10/h3-7,11,13H,2,8-9H2,1H3,(H,17,18). The van der Waals surface area contributed by atoms with E-state index in [1.165, 1.54) is 0 Å². The average Bonchev–Trinajstić information content (AvgIpc) is 2.83. The SMILES string of the molecule is CCC1SCC(C(=O)O)N1C(=O)Cc1ccccc1. The molecule has 1 aliphatic heterocycles. The van der Waals surface area contributed by atoms with E-state index in [-0.39, 0.29) is 17.7 Å². The fourth-order valence-electron chi connectivity index (χ4n) is 2.26. The molecule has 0 bridgehead atoms. The second kappa shape index (κ2) is 6.10. The van der Waals surface area contributed by atoms with Crippen LogP contribution >= 0.6 is 11.8 Å². The maximum atomic E-state index is 12.3. The zero-order valence-electron chi connectivity index (χ0n) is 10.8. The Bertz CT molecular complexity index is 463. The van der Waals surface area contributed by atoms with Crippen molar-refractivity contribution in [3.8, 4) is 0 Å². The van der Waals surface area contributed by atoms with Crippen LogP contribution in [-0.4, -0.2) is 39.1 Å². The van der Waals surface area contributed by atoms with Crippen molar-refractivity contribution < 1.29 is 14.7 Å². The molecule has 2 atom stereocenters. The maximum absolute atomic E-state index is 12.3. The van der Waals surface area contributed by atoms with Crippen LogP contribution in [-0.2, 0) is 16.0 Å². The summed E-state index contributed by atoms with van der Waals surface area (Å²) < 4.78 is 0. The quantitative estimate of drug-likeness (QED) is 0.915. The van der Waals surface area contributed by atoms with Crippen LogP contribution in [0, 0.1) is 0 Å². The zero-order chi connectivity index (χ0) is 13.8. The second-order valence-electron chi connectivity index (χ2n) is 4.51. The molecule has 0 saturated carbocycles. The molecule has 1 aliphatic rings. The smallest absolute Gasteiger partial charge is 0.327 e. The Balaban J connectivity index is 2.13. The molecule has 1 heterocycles. The summed E-state index contributed by atoms with van der Waals surface area (Å²) in [6, 6.07) is 8.75. The van der Waals surface area contributed by atoms with Gasteiger partial charge in [-0.05, 0) is 12.0 Å². The fourth-order valence-corrected chi connectivity index (χ4v) is 3.63. The minimum Gasteiger partial charge on any atom is -0.480 e. The van der Waals surface area contributed by atoms with Crippen LogP contribution in [0.15, 0.2) is 30.3 Å². The number of carbonyl (C=O) groups excluding carboxylic acids is 1. The molecule has 0 aliphatic carbocycles. The molecule has 1 saturated heterocycles. The third kappa shape index (κ3) is 3.10. The number of nitrogens with zero attached hydrogens (tertiary/aromatic N) is 1. The number of thioether (sulfide) groups is 1. The molecule has 1 amide bonds. The van der Waals surface area contributed by atoms with E-state index in [4.69, 9.17) is 0 Å². The third-order valence-electron chi connectivity index (χ3n) is 3.21. The Labute approximate surface area is 116 Å². The maximum Gasteiger partial charge on any atom is 0.327 e. The van der Waals surface area contributed by atoms with Crippen LogP contribution < -0.4 is 0 Å². The van der Waals surface area contributed by atoms with Gasteiger partial charge in [-0.15, -0.1) is 11.8 Å². The van der Waals surface area contributed by atoms with Crippen LogP contribution in [0.1, 0.15) is 18.9 Å². The Hall–Kier alpha value is -1.49. The second-order valence-corrected chi connectivity index (χ2v) is 5.72. The lowest BCUT2D eigenvalue weighted by Gasteiger charge is -2.26. The largest absolute Gasteiger partial charge is 0.480 e. The van der Waals surface area contributed by atoms with Crippen LogP contribution in [0.2, 0.25) is 0 Å². The normalized spacial score (nSPS) is 22.5. The Morgan fingerprint density at radius 2 is 2.05 bits per heavy atom. The van der Waals surface area contributed by atoms with E-state index in [0.717, 1.165) is 12.0 Å². The van der Waals surface area contributed by atoms with Gasteiger partial charge >= 0.3 is 5.97 Å². The summed E-state index contributed by atoms with van der Waals surface area (Å²) >= 11 is 1.55. The van der Waals surface area contributed by atoms with Crippen molar-refractivity contribution >= 4 is 23.6 Å². The van der Waals surface area contributed by atoms with Crippen molar-refractivity contribution in [2.75, 3.05) is 5.75 Å². The fraction of sp³-hybridized carbons (Fsp3) is 0.429. The van der Waals surface area contributed by atoms with Crippen molar-refractivity contribution in [1.82, 2.24) is 4.90 Å². The van der Waals surface area contributed by atoms with Crippen LogP contribution in [0.4, 0.5) is 0 Å². The summed E-state index contributed by atoms with van der Waals surface area (Å²) in [5.74, 6) is -0.533. The van der Waals surface area contributed by atoms with Crippen molar-refractivity contribution in [1.29, 1.82) is 0 Å². The summed E-state index contributed by atoms with van der Waals surface area (Å²) in [7, 11) is 0. The molecule has 2 unspecified atom stereocenters. The molecule has 1 aromatic rings. The zero-order valence-corrected chi connectivity index (χ0v) is 11.6. The van der Waals surface area contributed by atoms with Gasteiger partial charge in [0.25, 0.3) is 0 Å². The lowest BCUT2D eigenvalue weighted by molar-refractivity contribution is -0.148. The monoisotopic (exact) mass is 279 g/mol. The molecule has 102 valence electrons. The molecule has 1 fully saturated rings. The number of carbonyl (C=O) groups is 2. The highest BCUT2D eigenvalue weighted by atomic mass is 32.2. The van der Waals surface area contributed by atoms with Gasteiger partial charge in [-0.2, -0.15) is 0 Å². The van der Waals surface area contributed by atoms with Crippen LogP contribution in [0.3, 0.4) is 0 Å². The number of aliphatic carboxylic acids is 1. The summed E-state index contributed by atoms with van der Waals surface area (Å²) in [4.78, 5) is 25.1. The van der Waals surface area contributed by atoms with Gasteiger partial charge in [-0.1, -0.05) is 37.3 Å². The van der Waals surface area contributed by atoms with E-state index in [9.17, 15) is 14.7 Å². The topological polar surface area (TPSA) is 57.6 Å². The first kappa shape index (κ1) is 13.9. The van der Waals surface area contributed by atoms with Gasteiger partial charge < -0.3 is 10.0 Å². The van der Waals surface area contributed by atoms with Crippen LogP contribution in [0.5, 0.6) is 0 Å². The molecular formula is C14H17NO3S. The van der Waals surface area contributed by atoms with Gasteiger partial charge in [0, 0.05) is 5.75 Å². The number of hydrogen-bond donors (Lipinski definition) is 1. The van der Waals surface area contributed by atoms with Crippen molar-refractivity contribution in [2.45, 2.75) is 31.2 Å². The van der Waals surface area contributed by atoms with E-state index in [1.54, 1.807) is 16.7 Å². The highest BCUT2D eigenvalue weighted by molar-refractivity contribution is 8.00. The highest BCUT2D eigenvalue weighted by Crippen LogP contribution is 2.31. The summed E-state index contributed by atoms with van der Waals surface area (Å²) in [5, 5.41) is 9.19. The first-order valence-electron chi connectivity index (χ1n) is 6.33. The van der Waals surface area contributed by atoms with Gasteiger partial charge in [0.2, 0.25) is 5.91 Å². The Morgan fingerprint density at radius 3 is 2.63 bits per heavy atom. The first-order chi connectivity index (χ1) is 9.13. The number of amides is 1. The van der Waals surface area contributed by atoms with Gasteiger partial charge in [-0.3, -0.25) is 4.79 Å². The molecule has 5 heteroatoms. The Kier molecular flexibility index (Phi) is 4.47. The van der Waals surface area contributed by atoms with Crippen molar-refractivity contribution in [3.63, 3.8) is 0 Å². The number of carboxylic acid groups (broad SMARTS) is 1. The van der Waals surface area contributed by atoms with E-state index in [0.29, 0.717) is 5.75 Å². The van der Waals surface area contributed by atoms with E-state index < -0.39 is 12.0 Å².